The molecule has 0 radical (unpaired) electrons. The highest BCUT2D eigenvalue weighted by molar-refractivity contribution is 5.78. The van der Waals surface area contributed by atoms with Gasteiger partial charge in [0.25, 0.3) is 0 Å². The Bertz CT molecular complexity index is 218. The predicted molar refractivity (Wildman–Crippen MR) is 67.3 cm³/mol. The maximum atomic E-state index is 11.1. The van der Waals surface area contributed by atoms with Crippen molar-refractivity contribution in [3.05, 3.63) is 0 Å². The van der Waals surface area contributed by atoms with E-state index >= 15 is 0 Å². The van der Waals surface area contributed by atoms with E-state index in [-0.39, 0.29) is 5.91 Å². The van der Waals surface area contributed by atoms with Gasteiger partial charge < -0.3 is 10.6 Å². The number of carbonyl (C=O) groups excluding carboxylic acids is 1. The largest absolute Gasteiger partial charge is 0.352 e. The second kappa shape index (κ2) is 6.89. The first-order chi connectivity index (χ1) is 7.65. The lowest BCUT2D eigenvalue weighted by Gasteiger charge is -2.22. The van der Waals surface area contributed by atoms with Crippen molar-refractivity contribution in [3.8, 4) is 0 Å². The fraction of sp³-hybridized carbons (Fsp3) is 0.923. The standard InChI is InChI=1S/C13H26N2O/c1-4-10(3)8-11(5-2)14-9-12-6-7-13(16)15-12/h10-12,14H,4-9H2,1-3H3,(H,15,16). The van der Waals surface area contributed by atoms with Gasteiger partial charge in [0.1, 0.15) is 0 Å². The smallest absolute Gasteiger partial charge is 0.220 e. The van der Waals surface area contributed by atoms with Gasteiger partial charge in [-0.2, -0.15) is 0 Å². The number of amides is 1. The molecule has 2 N–H and O–H groups in total. The molecular weight excluding hydrogens is 200 g/mol. The van der Waals surface area contributed by atoms with E-state index in [1.807, 2.05) is 0 Å². The molecule has 1 aliphatic heterocycles. The Hall–Kier alpha value is -0.570. The van der Waals surface area contributed by atoms with Crippen LogP contribution >= 0.6 is 0 Å². The van der Waals surface area contributed by atoms with E-state index in [9.17, 15) is 4.79 Å². The number of nitrogens with one attached hydrogen (secondary N) is 2. The first kappa shape index (κ1) is 13.5. The molecule has 1 heterocycles. The summed E-state index contributed by atoms with van der Waals surface area (Å²) in [5.74, 6) is 0.998. The van der Waals surface area contributed by atoms with E-state index in [0.29, 0.717) is 18.5 Å². The van der Waals surface area contributed by atoms with Crippen LogP contribution in [-0.4, -0.2) is 24.5 Å². The van der Waals surface area contributed by atoms with Crippen LogP contribution in [0.25, 0.3) is 0 Å². The van der Waals surface area contributed by atoms with Crippen molar-refractivity contribution in [1.82, 2.24) is 10.6 Å². The van der Waals surface area contributed by atoms with E-state index in [0.717, 1.165) is 18.9 Å². The van der Waals surface area contributed by atoms with Crippen LogP contribution in [0, 0.1) is 5.92 Å². The first-order valence-corrected chi connectivity index (χ1v) is 6.68. The fourth-order valence-electron chi connectivity index (χ4n) is 2.19. The monoisotopic (exact) mass is 226 g/mol. The molecule has 0 aromatic heterocycles. The van der Waals surface area contributed by atoms with Crippen molar-refractivity contribution in [2.45, 2.75) is 65.0 Å². The van der Waals surface area contributed by atoms with Crippen LogP contribution < -0.4 is 10.6 Å². The Morgan fingerprint density at radius 2 is 2.19 bits per heavy atom. The number of hydrogen-bond donors (Lipinski definition) is 2. The molecular formula is C13H26N2O. The maximum Gasteiger partial charge on any atom is 0.220 e. The summed E-state index contributed by atoms with van der Waals surface area (Å²) in [4.78, 5) is 11.1. The summed E-state index contributed by atoms with van der Waals surface area (Å²) in [6.07, 6.45) is 5.36. The summed E-state index contributed by atoms with van der Waals surface area (Å²) < 4.78 is 0. The van der Waals surface area contributed by atoms with E-state index in [1.165, 1.54) is 19.3 Å². The molecule has 1 fully saturated rings. The summed E-state index contributed by atoms with van der Waals surface area (Å²) in [6, 6.07) is 0.964. The average Bonchev–Trinajstić information content (AvgIpc) is 2.69. The van der Waals surface area contributed by atoms with Crippen LogP contribution in [-0.2, 0) is 4.79 Å². The van der Waals surface area contributed by atoms with Gasteiger partial charge >= 0.3 is 0 Å². The zero-order chi connectivity index (χ0) is 12.0. The summed E-state index contributed by atoms with van der Waals surface area (Å²) in [5.41, 5.74) is 0. The molecule has 0 bridgehead atoms. The zero-order valence-electron chi connectivity index (χ0n) is 10.9. The third-order valence-corrected chi connectivity index (χ3v) is 3.61. The molecule has 1 rings (SSSR count). The van der Waals surface area contributed by atoms with Crippen LogP contribution in [0.1, 0.15) is 52.9 Å². The molecule has 16 heavy (non-hydrogen) atoms. The number of rotatable bonds is 7. The van der Waals surface area contributed by atoms with Crippen molar-refractivity contribution in [3.63, 3.8) is 0 Å². The minimum Gasteiger partial charge on any atom is -0.352 e. The molecule has 1 amide bonds. The van der Waals surface area contributed by atoms with Crippen LogP contribution in [0.5, 0.6) is 0 Å². The molecule has 1 saturated heterocycles. The first-order valence-electron chi connectivity index (χ1n) is 6.68. The third-order valence-electron chi connectivity index (χ3n) is 3.61. The lowest BCUT2D eigenvalue weighted by Crippen LogP contribution is -2.40. The second-order valence-electron chi connectivity index (χ2n) is 5.07. The van der Waals surface area contributed by atoms with Gasteiger partial charge in [-0.15, -0.1) is 0 Å². The molecule has 3 atom stereocenters. The lowest BCUT2D eigenvalue weighted by molar-refractivity contribution is -0.119. The van der Waals surface area contributed by atoms with Crippen LogP contribution in [0.2, 0.25) is 0 Å². The minimum absolute atomic E-state index is 0.210. The minimum atomic E-state index is 0.210. The Labute approximate surface area is 99.4 Å². The van der Waals surface area contributed by atoms with E-state index in [1.54, 1.807) is 0 Å². The Morgan fingerprint density at radius 1 is 1.44 bits per heavy atom. The van der Waals surface area contributed by atoms with E-state index < -0.39 is 0 Å². The molecule has 3 unspecified atom stereocenters. The normalized spacial score (nSPS) is 24.2. The van der Waals surface area contributed by atoms with Gasteiger partial charge in [-0.3, -0.25) is 4.79 Å². The van der Waals surface area contributed by atoms with Gasteiger partial charge in [-0.05, 0) is 25.2 Å². The predicted octanol–water partition coefficient (Wildman–Crippen LogP) is 2.07. The molecule has 0 spiro atoms. The fourth-order valence-corrected chi connectivity index (χ4v) is 2.19. The lowest BCUT2D eigenvalue weighted by atomic mass is 9.97. The van der Waals surface area contributed by atoms with Gasteiger partial charge in [0, 0.05) is 25.0 Å². The molecule has 3 heteroatoms. The zero-order valence-corrected chi connectivity index (χ0v) is 10.9. The molecule has 0 aromatic rings. The second-order valence-corrected chi connectivity index (χ2v) is 5.07. The Balaban J connectivity index is 2.20. The average molecular weight is 226 g/mol. The quantitative estimate of drug-likeness (QED) is 0.698. The van der Waals surface area contributed by atoms with Crippen LogP contribution in [0.3, 0.4) is 0 Å². The summed E-state index contributed by atoms with van der Waals surface area (Å²) in [5, 5.41) is 6.58. The molecule has 3 nitrogen and oxygen atoms in total. The van der Waals surface area contributed by atoms with Crippen molar-refractivity contribution < 1.29 is 4.79 Å². The van der Waals surface area contributed by atoms with Crippen molar-refractivity contribution in [1.29, 1.82) is 0 Å². The Kier molecular flexibility index (Phi) is 5.81. The molecule has 94 valence electrons. The summed E-state index contributed by atoms with van der Waals surface area (Å²) in [7, 11) is 0. The highest BCUT2D eigenvalue weighted by Gasteiger charge is 2.21. The molecule has 1 aliphatic rings. The molecule has 0 aliphatic carbocycles. The summed E-state index contributed by atoms with van der Waals surface area (Å²) >= 11 is 0. The van der Waals surface area contributed by atoms with Crippen molar-refractivity contribution in [2.24, 2.45) is 5.92 Å². The van der Waals surface area contributed by atoms with Gasteiger partial charge in [0.05, 0.1) is 0 Å². The number of carbonyl (C=O) groups is 1. The summed E-state index contributed by atoms with van der Waals surface area (Å²) in [6.45, 7) is 7.71. The molecule has 0 aromatic carbocycles. The Morgan fingerprint density at radius 3 is 2.69 bits per heavy atom. The van der Waals surface area contributed by atoms with Crippen molar-refractivity contribution in [2.75, 3.05) is 6.54 Å². The topological polar surface area (TPSA) is 41.1 Å². The van der Waals surface area contributed by atoms with Gasteiger partial charge in [0.2, 0.25) is 5.91 Å². The van der Waals surface area contributed by atoms with Crippen molar-refractivity contribution >= 4 is 5.91 Å². The van der Waals surface area contributed by atoms with E-state index in [2.05, 4.69) is 31.4 Å². The highest BCUT2D eigenvalue weighted by Crippen LogP contribution is 2.12. The van der Waals surface area contributed by atoms with Crippen LogP contribution in [0.15, 0.2) is 0 Å². The van der Waals surface area contributed by atoms with Gasteiger partial charge in [0.15, 0.2) is 0 Å². The maximum absolute atomic E-state index is 11.1. The van der Waals surface area contributed by atoms with Gasteiger partial charge in [-0.1, -0.05) is 27.2 Å². The highest BCUT2D eigenvalue weighted by atomic mass is 16.1. The third kappa shape index (κ3) is 4.52. The molecule has 0 saturated carbocycles. The van der Waals surface area contributed by atoms with E-state index in [4.69, 9.17) is 0 Å². The SMILES string of the molecule is CCC(C)CC(CC)NCC1CCC(=O)N1. The van der Waals surface area contributed by atoms with Crippen LogP contribution in [0.4, 0.5) is 0 Å². The number of hydrogen-bond acceptors (Lipinski definition) is 2. The van der Waals surface area contributed by atoms with Gasteiger partial charge in [-0.25, -0.2) is 0 Å².